The summed E-state index contributed by atoms with van der Waals surface area (Å²) in [5.74, 6) is 1.58. The third-order valence-corrected chi connectivity index (χ3v) is 2.16. The Balaban J connectivity index is 2.49. The van der Waals surface area contributed by atoms with Gasteiger partial charge in [0.1, 0.15) is 5.82 Å². The molecule has 1 heterocycles. The van der Waals surface area contributed by atoms with Crippen LogP contribution in [0.25, 0.3) is 0 Å². The summed E-state index contributed by atoms with van der Waals surface area (Å²) in [6.45, 7) is 5.15. The number of anilines is 2. The smallest absolute Gasteiger partial charge is 0.224 e. The van der Waals surface area contributed by atoms with Crippen LogP contribution in [-0.2, 0) is 0 Å². The van der Waals surface area contributed by atoms with Gasteiger partial charge in [0, 0.05) is 25.4 Å². The lowest BCUT2D eigenvalue weighted by Gasteiger charge is -2.07. The fraction of sp³-hybridized carbons (Fsp3) is 0.636. The van der Waals surface area contributed by atoms with E-state index in [0.717, 1.165) is 18.1 Å². The normalized spacial score (nSPS) is 10.1. The largest absolute Gasteiger partial charge is 0.370 e. The van der Waals surface area contributed by atoms with E-state index in [1.807, 2.05) is 20.0 Å². The van der Waals surface area contributed by atoms with E-state index in [1.54, 1.807) is 0 Å². The van der Waals surface area contributed by atoms with Crippen molar-refractivity contribution in [2.45, 2.75) is 33.1 Å². The topological polar surface area (TPSA) is 49.8 Å². The molecule has 0 fully saturated rings. The Morgan fingerprint density at radius 3 is 2.73 bits per heavy atom. The number of nitrogens with zero attached hydrogens (tertiary/aromatic N) is 2. The maximum absolute atomic E-state index is 4.32. The Morgan fingerprint density at radius 1 is 1.27 bits per heavy atom. The molecule has 15 heavy (non-hydrogen) atoms. The number of rotatable bonds is 6. The van der Waals surface area contributed by atoms with E-state index in [1.165, 1.54) is 19.3 Å². The number of nitrogens with one attached hydrogen (secondary N) is 2. The standard InChI is InChI=1S/C11H20N4/c1-4-5-6-7-13-10-8-9(2)14-11(12-3)15-10/h8H,4-7H2,1-3H3,(H2,12,13,14,15). The van der Waals surface area contributed by atoms with E-state index in [-0.39, 0.29) is 0 Å². The summed E-state index contributed by atoms with van der Waals surface area (Å²) >= 11 is 0. The zero-order valence-electron chi connectivity index (χ0n) is 9.80. The van der Waals surface area contributed by atoms with Crippen molar-refractivity contribution in [1.29, 1.82) is 0 Å². The van der Waals surface area contributed by atoms with Crippen LogP contribution in [0.1, 0.15) is 31.9 Å². The minimum absolute atomic E-state index is 0.674. The first kappa shape index (κ1) is 11.8. The van der Waals surface area contributed by atoms with Crippen LogP contribution >= 0.6 is 0 Å². The molecule has 0 atom stereocenters. The number of aryl methyl sites for hydroxylation is 1. The van der Waals surface area contributed by atoms with E-state index in [9.17, 15) is 0 Å². The molecule has 0 aliphatic rings. The molecule has 4 heteroatoms. The molecular formula is C11H20N4. The monoisotopic (exact) mass is 208 g/mol. The van der Waals surface area contributed by atoms with Crippen molar-refractivity contribution in [1.82, 2.24) is 9.97 Å². The van der Waals surface area contributed by atoms with Gasteiger partial charge in [-0.25, -0.2) is 4.98 Å². The van der Waals surface area contributed by atoms with E-state index in [4.69, 9.17) is 0 Å². The van der Waals surface area contributed by atoms with E-state index in [0.29, 0.717) is 5.95 Å². The average Bonchev–Trinajstić information content (AvgIpc) is 2.23. The van der Waals surface area contributed by atoms with Crippen LogP contribution in [0.2, 0.25) is 0 Å². The Bertz CT molecular complexity index is 299. The van der Waals surface area contributed by atoms with Gasteiger partial charge in [-0.3, -0.25) is 0 Å². The summed E-state index contributed by atoms with van der Waals surface area (Å²) in [5.41, 5.74) is 0.979. The van der Waals surface area contributed by atoms with Gasteiger partial charge < -0.3 is 10.6 Å². The van der Waals surface area contributed by atoms with Gasteiger partial charge in [0.15, 0.2) is 0 Å². The van der Waals surface area contributed by atoms with Crippen molar-refractivity contribution in [3.63, 3.8) is 0 Å². The van der Waals surface area contributed by atoms with Crippen molar-refractivity contribution in [2.75, 3.05) is 24.2 Å². The number of aromatic nitrogens is 2. The second kappa shape index (κ2) is 6.22. The highest BCUT2D eigenvalue weighted by Gasteiger charge is 1.99. The SMILES string of the molecule is CCCCCNc1cc(C)nc(NC)n1. The maximum Gasteiger partial charge on any atom is 0.224 e. The minimum Gasteiger partial charge on any atom is -0.370 e. The zero-order chi connectivity index (χ0) is 11.1. The lowest BCUT2D eigenvalue weighted by Crippen LogP contribution is -2.06. The van der Waals surface area contributed by atoms with Gasteiger partial charge in [0.2, 0.25) is 5.95 Å². The molecule has 0 saturated heterocycles. The van der Waals surface area contributed by atoms with Gasteiger partial charge in [-0.05, 0) is 13.3 Å². The lowest BCUT2D eigenvalue weighted by atomic mass is 10.2. The van der Waals surface area contributed by atoms with Crippen LogP contribution < -0.4 is 10.6 Å². The molecule has 0 bridgehead atoms. The third kappa shape index (κ3) is 4.14. The first-order chi connectivity index (χ1) is 7.26. The lowest BCUT2D eigenvalue weighted by molar-refractivity contribution is 0.742. The van der Waals surface area contributed by atoms with Crippen LogP contribution in [-0.4, -0.2) is 23.6 Å². The fourth-order valence-electron chi connectivity index (χ4n) is 1.36. The second-order valence-corrected chi connectivity index (χ2v) is 3.60. The van der Waals surface area contributed by atoms with E-state index >= 15 is 0 Å². The number of hydrogen-bond acceptors (Lipinski definition) is 4. The van der Waals surface area contributed by atoms with E-state index < -0.39 is 0 Å². The molecule has 0 amide bonds. The predicted molar refractivity (Wildman–Crippen MR) is 64.3 cm³/mol. The van der Waals surface area contributed by atoms with Crippen molar-refractivity contribution in [3.05, 3.63) is 11.8 Å². The summed E-state index contributed by atoms with van der Waals surface area (Å²) in [6, 6.07) is 1.97. The Kier molecular flexibility index (Phi) is 4.87. The Morgan fingerprint density at radius 2 is 2.07 bits per heavy atom. The second-order valence-electron chi connectivity index (χ2n) is 3.60. The quantitative estimate of drug-likeness (QED) is 0.705. The highest BCUT2D eigenvalue weighted by molar-refractivity contribution is 5.41. The van der Waals surface area contributed by atoms with Gasteiger partial charge in [0.25, 0.3) is 0 Å². The highest BCUT2D eigenvalue weighted by Crippen LogP contribution is 2.09. The van der Waals surface area contributed by atoms with Crippen molar-refractivity contribution < 1.29 is 0 Å². The minimum atomic E-state index is 0.674. The Labute approximate surface area is 91.5 Å². The molecule has 2 N–H and O–H groups in total. The molecular weight excluding hydrogens is 188 g/mol. The number of hydrogen-bond donors (Lipinski definition) is 2. The molecule has 0 aliphatic heterocycles. The van der Waals surface area contributed by atoms with Gasteiger partial charge >= 0.3 is 0 Å². The molecule has 4 nitrogen and oxygen atoms in total. The molecule has 84 valence electrons. The summed E-state index contributed by atoms with van der Waals surface area (Å²) in [7, 11) is 1.83. The van der Waals surface area contributed by atoms with Gasteiger partial charge in [0.05, 0.1) is 0 Å². The molecule has 0 spiro atoms. The van der Waals surface area contributed by atoms with Crippen LogP contribution in [0.5, 0.6) is 0 Å². The predicted octanol–water partition coefficient (Wildman–Crippen LogP) is 2.43. The van der Waals surface area contributed by atoms with Crippen molar-refractivity contribution in [3.8, 4) is 0 Å². The zero-order valence-corrected chi connectivity index (χ0v) is 9.80. The van der Waals surface area contributed by atoms with Crippen LogP contribution in [0, 0.1) is 6.92 Å². The molecule has 0 unspecified atom stereocenters. The summed E-state index contributed by atoms with van der Waals surface area (Å²) in [6.07, 6.45) is 3.69. The van der Waals surface area contributed by atoms with Crippen molar-refractivity contribution >= 4 is 11.8 Å². The number of unbranched alkanes of at least 4 members (excludes halogenated alkanes) is 2. The molecule has 1 aromatic heterocycles. The van der Waals surface area contributed by atoms with Gasteiger partial charge in [-0.2, -0.15) is 4.98 Å². The fourth-order valence-corrected chi connectivity index (χ4v) is 1.36. The summed E-state index contributed by atoms with van der Waals surface area (Å²) < 4.78 is 0. The van der Waals surface area contributed by atoms with Gasteiger partial charge in [-0.15, -0.1) is 0 Å². The van der Waals surface area contributed by atoms with E-state index in [2.05, 4.69) is 27.5 Å². The van der Waals surface area contributed by atoms with Crippen LogP contribution in [0.3, 0.4) is 0 Å². The molecule has 0 saturated carbocycles. The highest BCUT2D eigenvalue weighted by atomic mass is 15.1. The van der Waals surface area contributed by atoms with Gasteiger partial charge in [-0.1, -0.05) is 19.8 Å². The van der Waals surface area contributed by atoms with Crippen molar-refractivity contribution in [2.24, 2.45) is 0 Å². The maximum atomic E-state index is 4.32. The molecule has 0 aliphatic carbocycles. The molecule has 0 radical (unpaired) electrons. The summed E-state index contributed by atoms with van der Waals surface area (Å²) in [5, 5.41) is 6.25. The van der Waals surface area contributed by atoms with Crippen LogP contribution in [0.15, 0.2) is 6.07 Å². The Hall–Kier alpha value is -1.32. The van der Waals surface area contributed by atoms with Crippen LogP contribution in [0.4, 0.5) is 11.8 Å². The molecule has 1 aromatic rings. The average molecular weight is 208 g/mol. The third-order valence-electron chi connectivity index (χ3n) is 2.16. The first-order valence-corrected chi connectivity index (χ1v) is 5.53. The molecule has 1 rings (SSSR count). The summed E-state index contributed by atoms with van der Waals surface area (Å²) in [4.78, 5) is 8.55. The molecule has 0 aromatic carbocycles. The first-order valence-electron chi connectivity index (χ1n) is 5.53.